The molecule has 0 bridgehead atoms. The van der Waals surface area contributed by atoms with Gasteiger partial charge in [-0.1, -0.05) is 41.6 Å². The van der Waals surface area contributed by atoms with Gasteiger partial charge >= 0.3 is 0 Å². The summed E-state index contributed by atoms with van der Waals surface area (Å²) in [5.41, 5.74) is 1.96. The quantitative estimate of drug-likeness (QED) is 0.659. The van der Waals surface area contributed by atoms with Crippen LogP contribution in [0, 0.1) is 0 Å². The van der Waals surface area contributed by atoms with E-state index in [0.29, 0.717) is 0 Å². The van der Waals surface area contributed by atoms with Gasteiger partial charge in [-0.15, -0.1) is 11.3 Å². The van der Waals surface area contributed by atoms with Gasteiger partial charge in [0.1, 0.15) is 5.69 Å². The first-order valence-electron chi connectivity index (χ1n) is 4.99. The van der Waals surface area contributed by atoms with E-state index in [2.05, 4.69) is 5.16 Å². The molecule has 0 spiro atoms. The highest BCUT2D eigenvalue weighted by Gasteiger charge is 2.08. The van der Waals surface area contributed by atoms with Gasteiger partial charge in [-0.25, -0.2) is 0 Å². The lowest BCUT2D eigenvalue weighted by Gasteiger charge is -1.91. The van der Waals surface area contributed by atoms with Crippen molar-refractivity contribution in [1.29, 1.82) is 0 Å². The summed E-state index contributed by atoms with van der Waals surface area (Å²) < 4.78 is 5.32. The average Bonchev–Trinajstić information content (AvgIpc) is 3.01. The summed E-state index contributed by atoms with van der Waals surface area (Å²) in [5, 5.41) is 6.10. The monoisotopic (exact) mass is 227 g/mol. The second kappa shape index (κ2) is 3.94. The Morgan fingerprint density at radius 1 is 1.00 bits per heavy atom. The van der Waals surface area contributed by atoms with Gasteiger partial charge in [-0.2, -0.15) is 0 Å². The Labute approximate surface area is 97.2 Å². The van der Waals surface area contributed by atoms with Gasteiger partial charge in [0, 0.05) is 11.6 Å². The molecule has 3 heteroatoms. The van der Waals surface area contributed by atoms with Crippen LogP contribution < -0.4 is 0 Å². The number of hydrogen-bond donors (Lipinski definition) is 0. The van der Waals surface area contributed by atoms with E-state index in [1.54, 1.807) is 11.3 Å². The predicted octanol–water partition coefficient (Wildman–Crippen LogP) is 4.07. The molecule has 0 saturated carbocycles. The van der Waals surface area contributed by atoms with E-state index in [-0.39, 0.29) is 0 Å². The third-order valence-electron chi connectivity index (χ3n) is 2.34. The maximum atomic E-state index is 5.32. The lowest BCUT2D eigenvalue weighted by Crippen LogP contribution is -1.73. The zero-order valence-electron chi connectivity index (χ0n) is 8.46. The molecule has 0 fully saturated rings. The molecular formula is C13H9NOS. The molecule has 0 unspecified atom stereocenters. The van der Waals surface area contributed by atoms with E-state index < -0.39 is 0 Å². The normalized spacial score (nSPS) is 10.5. The summed E-state index contributed by atoms with van der Waals surface area (Å²) in [5.74, 6) is 0.828. The molecule has 3 aromatic rings. The molecule has 0 saturated heterocycles. The summed E-state index contributed by atoms with van der Waals surface area (Å²) in [6.07, 6.45) is 0. The van der Waals surface area contributed by atoms with Crippen LogP contribution in [0.2, 0.25) is 0 Å². The largest absolute Gasteiger partial charge is 0.355 e. The molecule has 16 heavy (non-hydrogen) atoms. The van der Waals surface area contributed by atoms with Gasteiger partial charge in [0.2, 0.25) is 0 Å². The van der Waals surface area contributed by atoms with Crippen LogP contribution in [0.15, 0.2) is 58.4 Å². The van der Waals surface area contributed by atoms with Crippen molar-refractivity contribution in [3.63, 3.8) is 0 Å². The highest BCUT2D eigenvalue weighted by molar-refractivity contribution is 7.13. The molecule has 0 radical (unpaired) electrons. The molecule has 78 valence electrons. The summed E-state index contributed by atoms with van der Waals surface area (Å²) in [6.45, 7) is 0. The molecule has 0 atom stereocenters. The third-order valence-corrected chi connectivity index (χ3v) is 3.23. The van der Waals surface area contributed by atoms with Crippen LogP contribution in [0.1, 0.15) is 0 Å². The number of benzene rings is 1. The highest BCUT2D eigenvalue weighted by Crippen LogP contribution is 2.28. The molecule has 2 nitrogen and oxygen atoms in total. The van der Waals surface area contributed by atoms with E-state index in [1.165, 1.54) is 0 Å². The third kappa shape index (κ3) is 1.66. The Kier molecular flexibility index (Phi) is 2.31. The van der Waals surface area contributed by atoms with E-state index in [0.717, 1.165) is 21.9 Å². The van der Waals surface area contributed by atoms with E-state index in [1.807, 2.05) is 53.9 Å². The van der Waals surface area contributed by atoms with Gasteiger partial charge < -0.3 is 4.52 Å². The Hall–Kier alpha value is -1.87. The number of hydrogen-bond acceptors (Lipinski definition) is 3. The number of nitrogens with zero attached hydrogens (tertiary/aromatic N) is 1. The number of aromatic nitrogens is 1. The van der Waals surface area contributed by atoms with Crippen molar-refractivity contribution in [2.75, 3.05) is 0 Å². The summed E-state index contributed by atoms with van der Waals surface area (Å²) in [4.78, 5) is 1.11. The molecule has 0 aliphatic heterocycles. The molecule has 3 rings (SSSR count). The molecule has 2 aromatic heterocycles. The van der Waals surface area contributed by atoms with Crippen molar-refractivity contribution in [2.24, 2.45) is 0 Å². The minimum absolute atomic E-state index is 0.828. The molecule has 1 aromatic carbocycles. The lowest BCUT2D eigenvalue weighted by atomic mass is 10.1. The Morgan fingerprint density at radius 2 is 1.88 bits per heavy atom. The summed E-state index contributed by atoms with van der Waals surface area (Å²) in [7, 11) is 0. The Bertz CT molecular complexity index is 569. The molecule has 0 N–H and O–H groups in total. The topological polar surface area (TPSA) is 26.0 Å². The average molecular weight is 227 g/mol. The molecule has 0 aliphatic rings. The maximum Gasteiger partial charge on any atom is 0.177 e. The summed E-state index contributed by atoms with van der Waals surface area (Å²) in [6, 6.07) is 16.0. The van der Waals surface area contributed by atoms with Gasteiger partial charge in [-0.05, 0) is 11.4 Å². The van der Waals surface area contributed by atoms with Crippen molar-refractivity contribution in [3.8, 4) is 21.9 Å². The lowest BCUT2D eigenvalue weighted by molar-refractivity contribution is 0.436. The standard InChI is InChI=1S/C13H9NOS/c1-2-5-10(6-3-1)11-9-12(15-14-11)13-7-4-8-16-13/h1-9H. The first-order chi connectivity index (χ1) is 7.93. The van der Waals surface area contributed by atoms with Gasteiger partial charge in [-0.3, -0.25) is 0 Å². The zero-order valence-corrected chi connectivity index (χ0v) is 9.28. The van der Waals surface area contributed by atoms with Gasteiger partial charge in [0.25, 0.3) is 0 Å². The van der Waals surface area contributed by atoms with Gasteiger partial charge in [0.15, 0.2) is 5.76 Å². The maximum absolute atomic E-state index is 5.32. The fraction of sp³-hybridized carbons (Fsp3) is 0. The van der Waals surface area contributed by atoms with Crippen LogP contribution in [-0.4, -0.2) is 5.16 Å². The second-order valence-electron chi connectivity index (χ2n) is 3.42. The van der Waals surface area contributed by atoms with Gasteiger partial charge in [0.05, 0.1) is 4.88 Å². The van der Waals surface area contributed by atoms with Crippen molar-refractivity contribution in [1.82, 2.24) is 5.16 Å². The SMILES string of the molecule is c1ccc(-c2cc(-c3cccs3)on2)cc1. The first kappa shape index (κ1) is 9.36. The molecule has 0 aliphatic carbocycles. The van der Waals surface area contributed by atoms with Crippen LogP contribution >= 0.6 is 11.3 Å². The van der Waals surface area contributed by atoms with Crippen LogP contribution in [0.4, 0.5) is 0 Å². The van der Waals surface area contributed by atoms with Crippen LogP contribution in [0.25, 0.3) is 21.9 Å². The molecule has 2 heterocycles. The van der Waals surface area contributed by atoms with Crippen LogP contribution in [-0.2, 0) is 0 Å². The zero-order chi connectivity index (χ0) is 10.8. The smallest absolute Gasteiger partial charge is 0.177 e. The van der Waals surface area contributed by atoms with E-state index >= 15 is 0 Å². The minimum Gasteiger partial charge on any atom is -0.355 e. The van der Waals surface area contributed by atoms with E-state index in [4.69, 9.17) is 4.52 Å². The fourth-order valence-corrected chi connectivity index (χ4v) is 2.23. The fourth-order valence-electron chi connectivity index (χ4n) is 1.56. The second-order valence-corrected chi connectivity index (χ2v) is 4.37. The predicted molar refractivity (Wildman–Crippen MR) is 65.3 cm³/mol. The highest BCUT2D eigenvalue weighted by atomic mass is 32.1. The summed E-state index contributed by atoms with van der Waals surface area (Å²) >= 11 is 1.65. The van der Waals surface area contributed by atoms with E-state index in [9.17, 15) is 0 Å². The van der Waals surface area contributed by atoms with Crippen LogP contribution in [0.5, 0.6) is 0 Å². The number of thiophene rings is 1. The Balaban J connectivity index is 2.00. The number of rotatable bonds is 2. The van der Waals surface area contributed by atoms with Crippen molar-refractivity contribution in [2.45, 2.75) is 0 Å². The molecular weight excluding hydrogens is 218 g/mol. The van der Waals surface area contributed by atoms with Crippen LogP contribution in [0.3, 0.4) is 0 Å². The van der Waals surface area contributed by atoms with Crippen molar-refractivity contribution < 1.29 is 4.52 Å². The first-order valence-corrected chi connectivity index (χ1v) is 5.87. The Morgan fingerprint density at radius 3 is 2.62 bits per heavy atom. The van der Waals surface area contributed by atoms with Crippen molar-refractivity contribution in [3.05, 3.63) is 53.9 Å². The van der Waals surface area contributed by atoms with Crippen molar-refractivity contribution >= 4 is 11.3 Å². The molecule has 0 amide bonds. The minimum atomic E-state index is 0.828.